The number of carboxylic acid groups (broad SMARTS) is 1. The number of amides is 1. The number of benzene rings is 1. The predicted molar refractivity (Wildman–Crippen MR) is 75.5 cm³/mol. The van der Waals surface area contributed by atoms with E-state index in [1.807, 2.05) is 0 Å². The molecule has 0 spiro atoms. The third-order valence-corrected chi connectivity index (χ3v) is 2.69. The van der Waals surface area contributed by atoms with Gasteiger partial charge in [0.1, 0.15) is 0 Å². The topological polar surface area (TPSA) is 92.4 Å². The Morgan fingerprint density at radius 1 is 1.33 bits per heavy atom. The third-order valence-electron chi connectivity index (χ3n) is 2.69. The minimum atomic E-state index is -1.01. The van der Waals surface area contributed by atoms with E-state index in [0.29, 0.717) is 16.9 Å². The number of hydrogen-bond acceptors (Lipinski definition) is 4. The average molecular weight is 286 g/mol. The van der Waals surface area contributed by atoms with Gasteiger partial charge in [-0.15, -0.1) is 0 Å². The van der Waals surface area contributed by atoms with Gasteiger partial charge in [0.25, 0.3) is 5.91 Å². The molecule has 1 aromatic carbocycles. The van der Waals surface area contributed by atoms with Crippen molar-refractivity contribution >= 4 is 18.0 Å². The van der Waals surface area contributed by atoms with Crippen LogP contribution < -0.4 is 5.32 Å². The van der Waals surface area contributed by atoms with Gasteiger partial charge in [-0.1, -0.05) is 17.3 Å². The van der Waals surface area contributed by atoms with Gasteiger partial charge in [-0.3, -0.25) is 4.79 Å². The minimum Gasteiger partial charge on any atom is -0.478 e. The number of hydrogen-bond donors (Lipinski definition) is 2. The molecule has 1 heterocycles. The Kier molecular flexibility index (Phi) is 4.50. The molecule has 0 aliphatic heterocycles. The first-order valence-electron chi connectivity index (χ1n) is 6.26. The van der Waals surface area contributed by atoms with E-state index in [1.54, 1.807) is 37.3 Å². The quantitative estimate of drug-likeness (QED) is 0.820. The van der Waals surface area contributed by atoms with Crippen LogP contribution in [-0.4, -0.2) is 22.1 Å². The number of carbonyl (C=O) groups is 2. The summed E-state index contributed by atoms with van der Waals surface area (Å²) in [6.45, 7) is 2.07. The monoisotopic (exact) mass is 286 g/mol. The van der Waals surface area contributed by atoms with Crippen LogP contribution in [0.15, 0.2) is 40.9 Å². The molecule has 1 aromatic heterocycles. The van der Waals surface area contributed by atoms with Gasteiger partial charge >= 0.3 is 5.97 Å². The smallest absolute Gasteiger partial charge is 0.328 e. The fourth-order valence-electron chi connectivity index (χ4n) is 1.68. The lowest BCUT2D eigenvalue weighted by Crippen LogP contribution is -2.22. The second-order valence-corrected chi connectivity index (χ2v) is 4.41. The van der Waals surface area contributed by atoms with Gasteiger partial charge in [-0.25, -0.2) is 4.79 Å². The number of nitrogens with one attached hydrogen (secondary N) is 1. The van der Waals surface area contributed by atoms with Crippen LogP contribution >= 0.6 is 0 Å². The highest BCUT2D eigenvalue weighted by atomic mass is 16.5. The average Bonchev–Trinajstić information content (AvgIpc) is 2.89. The fourth-order valence-corrected chi connectivity index (χ4v) is 1.68. The summed E-state index contributed by atoms with van der Waals surface area (Å²) in [5.41, 5.74) is 1.95. The number of aromatic nitrogens is 1. The van der Waals surface area contributed by atoms with Crippen molar-refractivity contribution < 1.29 is 19.2 Å². The van der Waals surface area contributed by atoms with Crippen LogP contribution in [0.1, 0.15) is 27.4 Å². The van der Waals surface area contributed by atoms with E-state index in [-0.39, 0.29) is 12.5 Å². The van der Waals surface area contributed by atoms with E-state index >= 15 is 0 Å². The van der Waals surface area contributed by atoms with E-state index in [9.17, 15) is 9.59 Å². The molecule has 2 N–H and O–H groups in total. The van der Waals surface area contributed by atoms with Crippen molar-refractivity contribution in [2.75, 3.05) is 0 Å². The van der Waals surface area contributed by atoms with Crippen molar-refractivity contribution in [2.45, 2.75) is 13.5 Å². The molecule has 0 bridgehead atoms. The maximum atomic E-state index is 11.9. The molecule has 0 saturated carbocycles. The Bertz CT molecular complexity index is 671. The fraction of sp³-hybridized carbons (Fsp3) is 0.133. The first-order valence-corrected chi connectivity index (χ1v) is 6.26. The molecule has 21 heavy (non-hydrogen) atoms. The van der Waals surface area contributed by atoms with Crippen LogP contribution in [0.5, 0.6) is 0 Å². The largest absolute Gasteiger partial charge is 0.478 e. The molecule has 108 valence electrons. The highest BCUT2D eigenvalue weighted by molar-refractivity contribution is 5.94. The second kappa shape index (κ2) is 6.51. The Labute approximate surface area is 121 Å². The van der Waals surface area contributed by atoms with Crippen LogP contribution in [0, 0.1) is 6.92 Å². The SMILES string of the molecule is Cc1cc(CNC(=O)c2ccc(C=CC(=O)O)cc2)on1. The number of rotatable bonds is 5. The molecule has 2 rings (SSSR count). The normalized spacial score (nSPS) is 10.7. The number of aryl methyl sites for hydroxylation is 1. The zero-order valence-corrected chi connectivity index (χ0v) is 11.4. The maximum absolute atomic E-state index is 11.9. The first kappa shape index (κ1) is 14.5. The summed E-state index contributed by atoms with van der Waals surface area (Å²) in [4.78, 5) is 22.3. The van der Waals surface area contributed by atoms with Gasteiger partial charge in [0, 0.05) is 17.7 Å². The highest BCUT2D eigenvalue weighted by Gasteiger charge is 2.07. The van der Waals surface area contributed by atoms with Crippen molar-refractivity contribution in [2.24, 2.45) is 0 Å². The lowest BCUT2D eigenvalue weighted by atomic mass is 10.1. The summed E-state index contributed by atoms with van der Waals surface area (Å²) in [6.07, 6.45) is 2.50. The summed E-state index contributed by atoms with van der Waals surface area (Å²) in [5.74, 6) is -0.668. The van der Waals surface area contributed by atoms with Gasteiger partial charge in [-0.05, 0) is 30.7 Å². The molecule has 0 radical (unpaired) electrons. The molecule has 0 unspecified atom stereocenters. The van der Waals surface area contributed by atoms with Crippen molar-refractivity contribution in [3.05, 3.63) is 59.0 Å². The Morgan fingerprint density at radius 2 is 2.05 bits per heavy atom. The molecule has 1 amide bonds. The predicted octanol–water partition coefficient (Wildman–Crippen LogP) is 2.01. The standard InChI is InChI=1S/C15H14N2O4/c1-10-8-13(21-17-10)9-16-15(20)12-5-2-11(3-6-12)4-7-14(18)19/h2-8H,9H2,1H3,(H,16,20)(H,18,19). The summed E-state index contributed by atoms with van der Waals surface area (Å²) in [7, 11) is 0. The van der Waals surface area contributed by atoms with Gasteiger partial charge in [0.15, 0.2) is 5.76 Å². The number of nitrogens with zero attached hydrogens (tertiary/aromatic N) is 1. The molecule has 0 aliphatic carbocycles. The lowest BCUT2D eigenvalue weighted by Gasteiger charge is -2.03. The summed E-state index contributed by atoms with van der Waals surface area (Å²) in [6, 6.07) is 8.35. The maximum Gasteiger partial charge on any atom is 0.328 e. The molecular formula is C15H14N2O4. The molecule has 0 saturated heterocycles. The molecule has 0 fully saturated rings. The Morgan fingerprint density at radius 3 is 2.62 bits per heavy atom. The zero-order chi connectivity index (χ0) is 15.2. The molecular weight excluding hydrogens is 272 g/mol. The lowest BCUT2D eigenvalue weighted by molar-refractivity contribution is -0.131. The van der Waals surface area contributed by atoms with E-state index in [0.717, 1.165) is 11.8 Å². The summed E-state index contributed by atoms with van der Waals surface area (Å²) >= 11 is 0. The Hall–Kier alpha value is -2.89. The minimum absolute atomic E-state index is 0.238. The van der Waals surface area contributed by atoms with Crippen LogP contribution in [0.25, 0.3) is 6.08 Å². The van der Waals surface area contributed by atoms with E-state index in [1.165, 1.54) is 6.08 Å². The van der Waals surface area contributed by atoms with E-state index in [2.05, 4.69) is 10.5 Å². The molecule has 0 aliphatic rings. The van der Waals surface area contributed by atoms with Gasteiger partial charge in [0.05, 0.1) is 12.2 Å². The molecule has 6 heteroatoms. The summed E-state index contributed by atoms with van der Waals surface area (Å²) in [5, 5.41) is 15.0. The number of aliphatic carboxylic acids is 1. The molecule has 2 aromatic rings. The van der Waals surface area contributed by atoms with E-state index in [4.69, 9.17) is 9.63 Å². The highest BCUT2D eigenvalue weighted by Crippen LogP contribution is 2.07. The van der Waals surface area contributed by atoms with Crippen molar-refractivity contribution in [3.63, 3.8) is 0 Å². The van der Waals surface area contributed by atoms with Gasteiger partial charge in [0.2, 0.25) is 0 Å². The molecule has 6 nitrogen and oxygen atoms in total. The Balaban J connectivity index is 1.95. The van der Waals surface area contributed by atoms with Crippen LogP contribution in [0.4, 0.5) is 0 Å². The van der Waals surface area contributed by atoms with Crippen molar-refractivity contribution in [1.29, 1.82) is 0 Å². The van der Waals surface area contributed by atoms with Crippen LogP contribution in [-0.2, 0) is 11.3 Å². The second-order valence-electron chi connectivity index (χ2n) is 4.41. The molecule has 0 atom stereocenters. The summed E-state index contributed by atoms with van der Waals surface area (Å²) < 4.78 is 4.99. The number of carbonyl (C=O) groups excluding carboxylic acids is 1. The number of carboxylic acids is 1. The third kappa shape index (κ3) is 4.31. The van der Waals surface area contributed by atoms with Crippen LogP contribution in [0.3, 0.4) is 0 Å². The zero-order valence-electron chi connectivity index (χ0n) is 11.4. The van der Waals surface area contributed by atoms with Crippen molar-refractivity contribution in [3.8, 4) is 0 Å². The van der Waals surface area contributed by atoms with Crippen molar-refractivity contribution in [1.82, 2.24) is 10.5 Å². The first-order chi connectivity index (χ1) is 10.0. The van der Waals surface area contributed by atoms with Gasteiger partial charge in [-0.2, -0.15) is 0 Å². The van der Waals surface area contributed by atoms with Crippen LogP contribution in [0.2, 0.25) is 0 Å². The van der Waals surface area contributed by atoms with Gasteiger partial charge < -0.3 is 14.9 Å². The van der Waals surface area contributed by atoms with E-state index < -0.39 is 5.97 Å².